The quantitative estimate of drug-likeness (QED) is 0.805. The van der Waals surface area contributed by atoms with Crippen LogP contribution in [-0.2, 0) is 11.8 Å². The SMILES string of the molecule is O[C@H]1[C@H](NCCc2ccccn2)c2ccccc2C12CCNCC2. The fourth-order valence-corrected chi connectivity index (χ4v) is 4.43. The Balaban J connectivity index is 1.53. The molecule has 3 N–H and O–H groups in total. The standard InChI is InChI=1S/C20H25N3O/c24-19-18(23-12-8-15-5-3-4-11-22-15)16-6-1-2-7-17(16)20(19)9-13-21-14-10-20/h1-7,11,18-19,21,23-24H,8-10,12-14H2/t18-,19+/m1/s1. The smallest absolute Gasteiger partial charge is 0.0832 e. The van der Waals surface area contributed by atoms with Crippen LogP contribution in [0.1, 0.15) is 35.7 Å². The van der Waals surface area contributed by atoms with Gasteiger partial charge < -0.3 is 15.7 Å². The molecular weight excluding hydrogens is 298 g/mol. The lowest BCUT2D eigenvalue weighted by molar-refractivity contribution is 0.0445. The summed E-state index contributed by atoms with van der Waals surface area (Å²) in [6.45, 7) is 2.78. The van der Waals surface area contributed by atoms with Crippen molar-refractivity contribution in [2.75, 3.05) is 19.6 Å². The number of aliphatic hydroxyl groups excluding tert-OH is 1. The number of nitrogens with zero attached hydrogens (tertiary/aromatic N) is 1. The van der Waals surface area contributed by atoms with Crippen LogP contribution in [0.25, 0.3) is 0 Å². The Labute approximate surface area is 143 Å². The van der Waals surface area contributed by atoms with Crippen LogP contribution in [0.4, 0.5) is 0 Å². The molecule has 0 saturated carbocycles. The molecule has 1 aromatic heterocycles. The molecule has 1 spiro atoms. The first kappa shape index (κ1) is 15.8. The van der Waals surface area contributed by atoms with Gasteiger partial charge in [-0.3, -0.25) is 4.98 Å². The monoisotopic (exact) mass is 323 g/mol. The highest BCUT2D eigenvalue weighted by atomic mass is 16.3. The molecule has 2 aliphatic rings. The maximum absolute atomic E-state index is 11.2. The highest BCUT2D eigenvalue weighted by Crippen LogP contribution is 2.49. The largest absolute Gasteiger partial charge is 0.390 e. The van der Waals surface area contributed by atoms with Gasteiger partial charge in [-0.15, -0.1) is 0 Å². The van der Waals surface area contributed by atoms with Crippen molar-refractivity contribution in [2.45, 2.75) is 36.8 Å². The fourth-order valence-electron chi connectivity index (χ4n) is 4.43. The Hall–Kier alpha value is -1.75. The first-order valence-electron chi connectivity index (χ1n) is 8.93. The van der Waals surface area contributed by atoms with Gasteiger partial charge in [0.1, 0.15) is 0 Å². The number of benzene rings is 1. The molecule has 1 aliphatic carbocycles. The number of aliphatic hydroxyl groups is 1. The van der Waals surface area contributed by atoms with Crippen LogP contribution in [0.2, 0.25) is 0 Å². The van der Waals surface area contributed by atoms with Crippen LogP contribution in [-0.4, -0.2) is 35.8 Å². The van der Waals surface area contributed by atoms with E-state index in [-0.39, 0.29) is 17.6 Å². The number of rotatable bonds is 4. The molecular formula is C20H25N3O. The van der Waals surface area contributed by atoms with E-state index in [0.29, 0.717) is 0 Å². The predicted molar refractivity (Wildman–Crippen MR) is 94.9 cm³/mol. The highest BCUT2D eigenvalue weighted by Gasteiger charge is 2.51. The molecule has 24 heavy (non-hydrogen) atoms. The third-order valence-corrected chi connectivity index (χ3v) is 5.68. The molecule has 1 aliphatic heterocycles. The Kier molecular flexibility index (Phi) is 4.35. The topological polar surface area (TPSA) is 57.2 Å². The van der Waals surface area contributed by atoms with Gasteiger partial charge in [-0.1, -0.05) is 30.3 Å². The third kappa shape index (κ3) is 2.65. The van der Waals surface area contributed by atoms with Crippen LogP contribution in [0, 0.1) is 0 Å². The van der Waals surface area contributed by atoms with Gasteiger partial charge >= 0.3 is 0 Å². The summed E-state index contributed by atoms with van der Waals surface area (Å²) in [5, 5.41) is 18.2. The zero-order valence-electron chi connectivity index (χ0n) is 13.9. The van der Waals surface area contributed by atoms with Crippen LogP contribution in [0.15, 0.2) is 48.7 Å². The molecule has 0 unspecified atom stereocenters. The lowest BCUT2D eigenvalue weighted by atomic mass is 9.72. The summed E-state index contributed by atoms with van der Waals surface area (Å²) in [5.41, 5.74) is 3.61. The fraction of sp³-hybridized carbons (Fsp3) is 0.450. The molecule has 0 amide bonds. The molecule has 4 nitrogen and oxygen atoms in total. The minimum Gasteiger partial charge on any atom is -0.390 e. The lowest BCUT2D eigenvalue weighted by Crippen LogP contribution is -2.48. The van der Waals surface area contributed by atoms with E-state index in [0.717, 1.165) is 44.6 Å². The van der Waals surface area contributed by atoms with E-state index >= 15 is 0 Å². The van der Waals surface area contributed by atoms with Gasteiger partial charge in [0.15, 0.2) is 0 Å². The van der Waals surface area contributed by atoms with Gasteiger partial charge in [0, 0.05) is 30.3 Å². The average Bonchev–Trinajstić information content (AvgIpc) is 2.86. The molecule has 1 aromatic carbocycles. The Morgan fingerprint density at radius 2 is 1.92 bits per heavy atom. The van der Waals surface area contributed by atoms with E-state index < -0.39 is 0 Å². The van der Waals surface area contributed by atoms with Crippen LogP contribution < -0.4 is 10.6 Å². The summed E-state index contributed by atoms with van der Waals surface area (Å²) in [4.78, 5) is 4.38. The Morgan fingerprint density at radius 3 is 2.71 bits per heavy atom. The maximum Gasteiger partial charge on any atom is 0.0832 e. The summed E-state index contributed by atoms with van der Waals surface area (Å²) in [6, 6.07) is 14.6. The van der Waals surface area contributed by atoms with Gasteiger partial charge in [0.05, 0.1) is 12.1 Å². The molecule has 4 heteroatoms. The third-order valence-electron chi connectivity index (χ3n) is 5.68. The van der Waals surface area contributed by atoms with Crippen molar-refractivity contribution in [2.24, 2.45) is 0 Å². The van der Waals surface area contributed by atoms with Crippen molar-refractivity contribution in [1.82, 2.24) is 15.6 Å². The average molecular weight is 323 g/mol. The second kappa shape index (κ2) is 6.63. The van der Waals surface area contributed by atoms with Crippen molar-refractivity contribution < 1.29 is 5.11 Å². The maximum atomic E-state index is 11.2. The van der Waals surface area contributed by atoms with Crippen molar-refractivity contribution in [3.63, 3.8) is 0 Å². The second-order valence-corrected chi connectivity index (χ2v) is 6.94. The minimum absolute atomic E-state index is 0.0167. The molecule has 2 heterocycles. The van der Waals surface area contributed by atoms with E-state index in [1.54, 1.807) is 0 Å². The number of hydrogen-bond acceptors (Lipinski definition) is 4. The molecule has 0 radical (unpaired) electrons. The van der Waals surface area contributed by atoms with E-state index in [4.69, 9.17) is 0 Å². The first-order valence-corrected chi connectivity index (χ1v) is 8.93. The van der Waals surface area contributed by atoms with E-state index in [2.05, 4.69) is 45.9 Å². The van der Waals surface area contributed by atoms with Gasteiger partial charge in [-0.05, 0) is 49.2 Å². The minimum atomic E-state index is -0.360. The first-order chi connectivity index (χ1) is 11.8. The van der Waals surface area contributed by atoms with E-state index in [1.165, 1.54) is 11.1 Å². The lowest BCUT2D eigenvalue weighted by Gasteiger charge is -2.39. The van der Waals surface area contributed by atoms with Crippen molar-refractivity contribution in [1.29, 1.82) is 0 Å². The van der Waals surface area contributed by atoms with Crippen molar-refractivity contribution >= 4 is 0 Å². The molecule has 1 fully saturated rings. The van der Waals surface area contributed by atoms with Crippen molar-refractivity contribution in [3.05, 3.63) is 65.5 Å². The van der Waals surface area contributed by atoms with Crippen LogP contribution in [0.3, 0.4) is 0 Å². The van der Waals surface area contributed by atoms with Gasteiger partial charge in [0.2, 0.25) is 0 Å². The predicted octanol–water partition coefficient (Wildman–Crippen LogP) is 1.95. The zero-order chi connectivity index (χ0) is 16.4. The summed E-state index contributed by atoms with van der Waals surface area (Å²) in [5.74, 6) is 0. The van der Waals surface area contributed by atoms with Crippen LogP contribution >= 0.6 is 0 Å². The molecule has 2 atom stereocenters. The summed E-state index contributed by atoms with van der Waals surface area (Å²) < 4.78 is 0. The molecule has 126 valence electrons. The Bertz CT molecular complexity index is 682. The molecule has 0 bridgehead atoms. The van der Waals surface area contributed by atoms with Crippen molar-refractivity contribution in [3.8, 4) is 0 Å². The number of fused-ring (bicyclic) bond motifs is 2. The van der Waals surface area contributed by atoms with E-state index in [1.807, 2.05) is 18.3 Å². The highest BCUT2D eigenvalue weighted by molar-refractivity contribution is 5.45. The number of hydrogen-bond donors (Lipinski definition) is 3. The number of piperidine rings is 1. The number of pyridine rings is 1. The zero-order valence-corrected chi connectivity index (χ0v) is 13.9. The molecule has 1 saturated heterocycles. The summed E-state index contributed by atoms with van der Waals surface area (Å²) in [6.07, 6.45) is 4.35. The number of nitrogens with one attached hydrogen (secondary N) is 2. The normalized spacial score (nSPS) is 24.9. The van der Waals surface area contributed by atoms with Gasteiger partial charge in [-0.2, -0.15) is 0 Å². The summed E-state index contributed by atoms with van der Waals surface area (Å²) in [7, 11) is 0. The second-order valence-electron chi connectivity index (χ2n) is 6.94. The summed E-state index contributed by atoms with van der Waals surface area (Å²) >= 11 is 0. The van der Waals surface area contributed by atoms with Gasteiger partial charge in [0.25, 0.3) is 0 Å². The Morgan fingerprint density at radius 1 is 1.12 bits per heavy atom. The van der Waals surface area contributed by atoms with E-state index in [9.17, 15) is 5.11 Å². The van der Waals surface area contributed by atoms with Crippen LogP contribution in [0.5, 0.6) is 0 Å². The molecule has 4 rings (SSSR count). The van der Waals surface area contributed by atoms with Gasteiger partial charge in [-0.25, -0.2) is 0 Å². The number of aromatic nitrogens is 1. The molecule has 2 aromatic rings.